The van der Waals surface area contributed by atoms with Gasteiger partial charge in [-0.05, 0) is 23.3 Å². The highest BCUT2D eigenvalue weighted by molar-refractivity contribution is 8.02. The highest BCUT2D eigenvalue weighted by atomic mass is 32.2. The largest absolute Gasteiger partial charge is 0.369 e. The van der Waals surface area contributed by atoms with Crippen LogP contribution < -0.4 is 11.1 Å². The molecule has 2 amide bonds. The molecule has 0 spiro atoms. The summed E-state index contributed by atoms with van der Waals surface area (Å²) in [4.78, 5) is 31.5. The first kappa shape index (κ1) is 24.5. The standard InChI is InChI=1S/C20H25N9O2S2/c1-5-33-17-14(20(31)23-7-6-16(32-4)13(9-22-2)18(21)30)10-24-29-11-12(8-15(17)29)19-25-27-28(3)26-19/h6,8-11,13H,5,7H2,1-4H3,(H2,21,30)(H,23,31). The Kier molecular flexibility index (Phi) is 8.22. The van der Waals surface area contributed by atoms with Gasteiger partial charge in [0.05, 0.1) is 24.3 Å². The number of primary amides is 1. The Morgan fingerprint density at radius 2 is 2.18 bits per heavy atom. The normalized spacial score (nSPS) is 13.0. The molecule has 0 radical (unpaired) electrons. The van der Waals surface area contributed by atoms with Crippen molar-refractivity contribution in [1.29, 1.82) is 0 Å². The zero-order chi connectivity index (χ0) is 24.0. The van der Waals surface area contributed by atoms with E-state index in [4.69, 9.17) is 5.73 Å². The van der Waals surface area contributed by atoms with Crippen molar-refractivity contribution < 1.29 is 9.59 Å². The summed E-state index contributed by atoms with van der Waals surface area (Å²) in [5.74, 6) is -0.129. The van der Waals surface area contributed by atoms with Gasteiger partial charge in [-0.2, -0.15) is 9.90 Å². The number of aromatic nitrogens is 6. The van der Waals surface area contributed by atoms with Crippen LogP contribution in [0.5, 0.6) is 0 Å². The maximum absolute atomic E-state index is 13.0. The van der Waals surface area contributed by atoms with E-state index in [1.54, 1.807) is 48.8 Å². The minimum absolute atomic E-state index is 0.230. The first-order valence-corrected chi connectivity index (χ1v) is 12.2. The van der Waals surface area contributed by atoms with Gasteiger partial charge in [-0.25, -0.2) is 4.52 Å². The molecule has 3 aromatic heterocycles. The Labute approximate surface area is 199 Å². The van der Waals surface area contributed by atoms with Crippen molar-refractivity contribution in [3.8, 4) is 11.4 Å². The van der Waals surface area contributed by atoms with E-state index in [0.29, 0.717) is 11.4 Å². The molecule has 33 heavy (non-hydrogen) atoms. The molecule has 0 aliphatic heterocycles. The topological polar surface area (TPSA) is 145 Å². The van der Waals surface area contributed by atoms with Gasteiger partial charge in [0, 0.05) is 41.4 Å². The fourth-order valence-electron chi connectivity index (χ4n) is 3.13. The van der Waals surface area contributed by atoms with Crippen LogP contribution >= 0.6 is 23.5 Å². The number of hydrogen-bond donors (Lipinski definition) is 2. The van der Waals surface area contributed by atoms with E-state index in [1.807, 2.05) is 19.2 Å². The fraction of sp³-hybridized carbons (Fsp3) is 0.350. The lowest BCUT2D eigenvalue weighted by molar-refractivity contribution is -0.118. The van der Waals surface area contributed by atoms with E-state index in [9.17, 15) is 9.59 Å². The van der Waals surface area contributed by atoms with Crippen molar-refractivity contribution in [3.05, 3.63) is 35.0 Å². The average Bonchev–Trinajstić information content (AvgIpc) is 3.42. The van der Waals surface area contributed by atoms with Gasteiger partial charge in [-0.3, -0.25) is 14.6 Å². The van der Waals surface area contributed by atoms with E-state index in [0.717, 1.165) is 26.6 Å². The highest BCUT2D eigenvalue weighted by Crippen LogP contribution is 2.30. The van der Waals surface area contributed by atoms with Crippen LogP contribution in [0.4, 0.5) is 0 Å². The first-order chi connectivity index (χ1) is 15.9. The summed E-state index contributed by atoms with van der Waals surface area (Å²) in [6, 6.07) is 1.89. The molecule has 11 nitrogen and oxygen atoms in total. The van der Waals surface area contributed by atoms with Crippen LogP contribution in [0.1, 0.15) is 17.3 Å². The predicted octanol–water partition coefficient (Wildman–Crippen LogP) is 1.42. The van der Waals surface area contributed by atoms with Crippen LogP contribution in [0.25, 0.3) is 16.9 Å². The number of aliphatic imine (C=N–C) groups is 1. The second-order valence-electron chi connectivity index (χ2n) is 6.79. The minimum Gasteiger partial charge on any atom is -0.369 e. The summed E-state index contributed by atoms with van der Waals surface area (Å²) in [6.45, 7) is 2.25. The average molecular weight is 488 g/mol. The number of aryl methyl sites for hydroxylation is 1. The molecule has 0 bridgehead atoms. The van der Waals surface area contributed by atoms with Crippen molar-refractivity contribution in [1.82, 2.24) is 35.1 Å². The van der Waals surface area contributed by atoms with E-state index >= 15 is 0 Å². The molecule has 3 N–H and O–H groups in total. The maximum Gasteiger partial charge on any atom is 0.254 e. The molecule has 0 aliphatic carbocycles. The van der Waals surface area contributed by atoms with Gasteiger partial charge in [-0.1, -0.05) is 13.0 Å². The molecule has 13 heteroatoms. The molecule has 174 valence electrons. The Hall–Kier alpha value is -3.19. The molecule has 0 aromatic carbocycles. The number of carbonyl (C=O) groups is 2. The number of fused-ring (bicyclic) bond motifs is 1. The second kappa shape index (κ2) is 11.1. The van der Waals surface area contributed by atoms with Crippen molar-refractivity contribution in [2.75, 3.05) is 25.6 Å². The number of nitrogens with one attached hydrogen (secondary N) is 1. The molecule has 3 heterocycles. The lowest BCUT2D eigenvalue weighted by Crippen LogP contribution is -2.27. The summed E-state index contributed by atoms with van der Waals surface area (Å²) in [5.41, 5.74) is 7.48. The Balaban J connectivity index is 1.86. The molecule has 0 saturated carbocycles. The minimum atomic E-state index is -0.625. The fourth-order valence-corrected chi connectivity index (χ4v) is 4.70. The van der Waals surface area contributed by atoms with Gasteiger partial charge in [0.1, 0.15) is 5.92 Å². The number of hydrogen-bond acceptors (Lipinski definition) is 9. The SMILES string of the molecule is CCSc1c(C(=O)NCC=C(SC)C(C=NC)C(N)=O)cnn2cc(-c3nnn(C)n3)cc12. The number of tetrazole rings is 1. The van der Waals surface area contributed by atoms with Gasteiger partial charge >= 0.3 is 0 Å². The van der Waals surface area contributed by atoms with Crippen molar-refractivity contribution in [2.24, 2.45) is 23.7 Å². The molecular weight excluding hydrogens is 462 g/mol. The number of thioether (sulfide) groups is 2. The van der Waals surface area contributed by atoms with Gasteiger partial charge < -0.3 is 11.1 Å². The quantitative estimate of drug-likeness (QED) is 0.322. The van der Waals surface area contributed by atoms with Crippen LogP contribution in [0.15, 0.2) is 39.3 Å². The van der Waals surface area contributed by atoms with Crippen LogP contribution in [0.2, 0.25) is 0 Å². The van der Waals surface area contributed by atoms with E-state index in [1.165, 1.54) is 22.8 Å². The van der Waals surface area contributed by atoms with Crippen LogP contribution in [0.3, 0.4) is 0 Å². The highest BCUT2D eigenvalue weighted by Gasteiger charge is 2.20. The molecule has 1 atom stereocenters. The van der Waals surface area contributed by atoms with Crippen LogP contribution in [-0.2, 0) is 11.8 Å². The summed E-state index contributed by atoms with van der Waals surface area (Å²) < 4.78 is 1.70. The third-order valence-electron chi connectivity index (χ3n) is 4.60. The molecule has 0 fully saturated rings. The summed E-state index contributed by atoms with van der Waals surface area (Å²) in [6.07, 6.45) is 8.46. The Morgan fingerprint density at radius 3 is 2.79 bits per heavy atom. The third kappa shape index (κ3) is 5.60. The Bertz CT molecular complexity index is 1220. The molecule has 0 aliphatic rings. The van der Waals surface area contributed by atoms with Gasteiger partial charge in [0.2, 0.25) is 11.7 Å². The third-order valence-corrected chi connectivity index (χ3v) is 6.50. The van der Waals surface area contributed by atoms with Gasteiger partial charge in [0.25, 0.3) is 5.91 Å². The van der Waals surface area contributed by atoms with E-state index in [2.05, 4.69) is 30.8 Å². The molecule has 3 aromatic rings. The van der Waals surface area contributed by atoms with Crippen LogP contribution in [-0.4, -0.2) is 73.5 Å². The lowest BCUT2D eigenvalue weighted by Gasteiger charge is -2.12. The summed E-state index contributed by atoms with van der Waals surface area (Å²) >= 11 is 2.94. The maximum atomic E-state index is 13.0. The number of rotatable bonds is 10. The zero-order valence-corrected chi connectivity index (χ0v) is 20.4. The predicted molar refractivity (Wildman–Crippen MR) is 130 cm³/mol. The summed E-state index contributed by atoms with van der Waals surface area (Å²) in [5, 5.41) is 19.4. The first-order valence-electron chi connectivity index (χ1n) is 10.0. The summed E-state index contributed by atoms with van der Waals surface area (Å²) in [7, 11) is 3.28. The zero-order valence-electron chi connectivity index (χ0n) is 18.7. The number of amides is 2. The lowest BCUT2D eigenvalue weighted by atomic mass is 10.1. The van der Waals surface area contributed by atoms with Gasteiger partial charge in [0.15, 0.2) is 0 Å². The monoisotopic (exact) mass is 487 g/mol. The molecule has 0 saturated heterocycles. The van der Waals surface area contributed by atoms with E-state index in [-0.39, 0.29) is 12.5 Å². The molecule has 1 unspecified atom stereocenters. The smallest absolute Gasteiger partial charge is 0.254 e. The molecule has 3 rings (SSSR count). The Morgan fingerprint density at radius 1 is 1.39 bits per heavy atom. The van der Waals surface area contributed by atoms with E-state index < -0.39 is 11.8 Å². The number of nitrogens with zero attached hydrogens (tertiary/aromatic N) is 7. The number of nitrogens with two attached hydrogens (primary N) is 1. The van der Waals surface area contributed by atoms with Crippen molar-refractivity contribution in [2.45, 2.75) is 11.8 Å². The van der Waals surface area contributed by atoms with Crippen molar-refractivity contribution >= 4 is 47.1 Å². The number of carbonyl (C=O) groups excluding carboxylic acids is 2. The molecular formula is C20H25N9O2S2. The second-order valence-corrected chi connectivity index (χ2v) is 8.94. The van der Waals surface area contributed by atoms with Gasteiger partial charge in [-0.15, -0.1) is 33.7 Å². The van der Waals surface area contributed by atoms with Crippen molar-refractivity contribution in [3.63, 3.8) is 0 Å². The van der Waals surface area contributed by atoms with Crippen LogP contribution in [0, 0.1) is 5.92 Å².